The molecule has 3 unspecified atom stereocenters. The van der Waals surface area contributed by atoms with E-state index >= 15 is 0 Å². The average molecular weight is 331 g/mol. The van der Waals surface area contributed by atoms with Crippen molar-refractivity contribution in [2.75, 3.05) is 18.6 Å². The van der Waals surface area contributed by atoms with E-state index in [0.717, 1.165) is 11.0 Å². The molecule has 1 aliphatic carbocycles. The molecule has 0 saturated heterocycles. The van der Waals surface area contributed by atoms with Crippen molar-refractivity contribution < 1.29 is 31.9 Å². The molecule has 0 aromatic heterocycles. The molecule has 0 N–H and O–H groups in total. The van der Waals surface area contributed by atoms with Crippen LogP contribution in [0.2, 0.25) is 0 Å². The van der Waals surface area contributed by atoms with Crippen LogP contribution in [0.3, 0.4) is 0 Å². The van der Waals surface area contributed by atoms with Gasteiger partial charge in [-0.25, -0.2) is 4.39 Å². The van der Waals surface area contributed by atoms with Crippen LogP contribution in [0.25, 0.3) is 0 Å². The number of likely N-dealkylation sites (N-methyl/N-ethyl adjacent to an activating group) is 1. The summed E-state index contributed by atoms with van der Waals surface area (Å²) >= 11 is 0. The standard InChI is InChI=1S/C15H13F4NO3/c1-3-23-12(21)9-11(15(17,18)19)14(9)7-5-4-6-8(16)10(7)20(2)13(14)22/h4-6,9,11H,3H2,1-2H3. The molecule has 3 atom stereocenters. The third-order valence-corrected chi connectivity index (χ3v) is 4.52. The number of ether oxygens (including phenoxy) is 1. The molecule has 8 heteroatoms. The van der Waals surface area contributed by atoms with Crippen molar-refractivity contribution in [2.24, 2.45) is 11.8 Å². The van der Waals surface area contributed by atoms with Gasteiger partial charge < -0.3 is 9.64 Å². The quantitative estimate of drug-likeness (QED) is 0.618. The Balaban J connectivity index is 2.19. The fourth-order valence-electron chi connectivity index (χ4n) is 3.67. The van der Waals surface area contributed by atoms with Gasteiger partial charge in [0.2, 0.25) is 5.91 Å². The summed E-state index contributed by atoms with van der Waals surface area (Å²) in [4.78, 5) is 25.4. The number of carbonyl (C=O) groups is 2. The highest BCUT2D eigenvalue weighted by molar-refractivity contribution is 6.14. The Bertz CT molecular complexity index is 702. The Hall–Kier alpha value is -2.12. The van der Waals surface area contributed by atoms with Gasteiger partial charge in [-0.3, -0.25) is 9.59 Å². The van der Waals surface area contributed by atoms with Crippen LogP contribution in [0.5, 0.6) is 0 Å². The van der Waals surface area contributed by atoms with E-state index in [1.54, 1.807) is 0 Å². The van der Waals surface area contributed by atoms with Gasteiger partial charge in [0.15, 0.2) is 0 Å². The van der Waals surface area contributed by atoms with Gasteiger partial charge in [0, 0.05) is 7.05 Å². The zero-order valence-electron chi connectivity index (χ0n) is 12.3. The smallest absolute Gasteiger partial charge is 0.394 e. The Labute approximate surface area is 129 Å². The summed E-state index contributed by atoms with van der Waals surface area (Å²) in [6, 6.07) is 3.56. The Morgan fingerprint density at radius 3 is 2.61 bits per heavy atom. The Kier molecular flexibility index (Phi) is 3.21. The minimum Gasteiger partial charge on any atom is -0.466 e. The number of fused-ring (bicyclic) bond motifs is 2. The number of halogens is 4. The first-order valence-electron chi connectivity index (χ1n) is 6.99. The first kappa shape index (κ1) is 15.8. The molecule has 1 heterocycles. The lowest BCUT2D eigenvalue weighted by Crippen LogP contribution is -2.33. The highest BCUT2D eigenvalue weighted by Crippen LogP contribution is 2.71. The Morgan fingerprint density at radius 1 is 1.39 bits per heavy atom. The highest BCUT2D eigenvalue weighted by atomic mass is 19.4. The molecule has 124 valence electrons. The topological polar surface area (TPSA) is 46.6 Å². The molecule has 23 heavy (non-hydrogen) atoms. The van der Waals surface area contributed by atoms with Gasteiger partial charge in [-0.15, -0.1) is 0 Å². The van der Waals surface area contributed by atoms with Gasteiger partial charge in [-0.1, -0.05) is 12.1 Å². The lowest BCUT2D eigenvalue weighted by Gasteiger charge is -2.12. The van der Waals surface area contributed by atoms with Crippen molar-refractivity contribution in [3.05, 3.63) is 29.6 Å². The van der Waals surface area contributed by atoms with Crippen LogP contribution in [-0.4, -0.2) is 31.7 Å². The summed E-state index contributed by atoms with van der Waals surface area (Å²) in [5, 5.41) is 0. The third kappa shape index (κ3) is 1.83. The fourth-order valence-corrected chi connectivity index (χ4v) is 3.67. The molecule has 1 spiro atoms. The molecular formula is C15H13F4NO3. The van der Waals surface area contributed by atoms with Gasteiger partial charge in [-0.2, -0.15) is 13.2 Å². The number of alkyl halides is 3. The van der Waals surface area contributed by atoms with Crippen molar-refractivity contribution in [3.63, 3.8) is 0 Å². The van der Waals surface area contributed by atoms with E-state index in [-0.39, 0.29) is 17.9 Å². The zero-order chi connectivity index (χ0) is 17.2. The van der Waals surface area contributed by atoms with E-state index in [2.05, 4.69) is 0 Å². The summed E-state index contributed by atoms with van der Waals surface area (Å²) in [5.41, 5.74) is -2.43. The van der Waals surface area contributed by atoms with Crippen LogP contribution >= 0.6 is 0 Å². The van der Waals surface area contributed by atoms with E-state index in [9.17, 15) is 27.2 Å². The fraction of sp³-hybridized carbons (Fsp3) is 0.467. The molecule has 2 aliphatic rings. The number of hydrogen-bond acceptors (Lipinski definition) is 3. The average Bonchev–Trinajstić information content (AvgIpc) is 3.12. The summed E-state index contributed by atoms with van der Waals surface area (Å²) in [6.45, 7) is 1.36. The number of hydrogen-bond donors (Lipinski definition) is 0. The summed E-state index contributed by atoms with van der Waals surface area (Å²) in [5.74, 6) is -6.70. The second kappa shape index (κ2) is 4.69. The lowest BCUT2D eigenvalue weighted by atomic mass is 9.92. The van der Waals surface area contributed by atoms with E-state index in [1.165, 1.54) is 26.1 Å². The first-order chi connectivity index (χ1) is 10.7. The van der Waals surface area contributed by atoms with Crippen molar-refractivity contribution in [1.82, 2.24) is 0 Å². The molecule has 1 saturated carbocycles. The first-order valence-corrected chi connectivity index (χ1v) is 6.99. The van der Waals surface area contributed by atoms with Crippen LogP contribution in [-0.2, 0) is 19.7 Å². The van der Waals surface area contributed by atoms with E-state index in [1.807, 2.05) is 0 Å². The number of amides is 1. The maximum atomic E-state index is 14.0. The number of benzene rings is 1. The molecule has 1 aliphatic heterocycles. The molecule has 3 rings (SSSR count). The number of para-hydroxylation sites is 1. The minimum atomic E-state index is -4.78. The maximum absolute atomic E-state index is 14.0. The molecule has 1 aromatic carbocycles. The predicted molar refractivity (Wildman–Crippen MR) is 71.2 cm³/mol. The second-order valence-corrected chi connectivity index (χ2v) is 5.62. The predicted octanol–water partition coefficient (Wildman–Crippen LogP) is 2.41. The molecule has 1 amide bonds. The number of nitrogens with zero attached hydrogens (tertiary/aromatic N) is 1. The van der Waals surface area contributed by atoms with Crippen molar-refractivity contribution in [1.29, 1.82) is 0 Å². The molecule has 0 bridgehead atoms. The van der Waals surface area contributed by atoms with Gasteiger partial charge in [0.05, 0.1) is 24.1 Å². The van der Waals surface area contributed by atoms with Crippen molar-refractivity contribution in [3.8, 4) is 0 Å². The lowest BCUT2D eigenvalue weighted by molar-refractivity contribution is -0.164. The highest BCUT2D eigenvalue weighted by Gasteiger charge is 2.85. The molecule has 0 radical (unpaired) electrons. The number of esters is 1. The van der Waals surface area contributed by atoms with Crippen LogP contribution in [0.1, 0.15) is 12.5 Å². The van der Waals surface area contributed by atoms with Crippen molar-refractivity contribution in [2.45, 2.75) is 18.5 Å². The summed E-state index contributed by atoms with van der Waals surface area (Å²) in [6.07, 6.45) is -4.78. The SMILES string of the molecule is CCOC(=O)C1C(C(F)(F)F)C12C(=O)N(C)c1c(F)cccc12. The van der Waals surface area contributed by atoms with Gasteiger partial charge in [-0.05, 0) is 18.6 Å². The molecule has 4 nitrogen and oxygen atoms in total. The van der Waals surface area contributed by atoms with E-state index in [4.69, 9.17) is 4.74 Å². The summed E-state index contributed by atoms with van der Waals surface area (Å²) < 4.78 is 58.9. The molecular weight excluding hydrogens is 318 g/mol. The monoisotopic (exact) mass is 331 g/mol. The minimum absolute atomic E-state index is 0.101. The van der Waals surface area contributed by atoms with Crippen molar-refractivity contribution >= 4 is 17.6 Å². The van der Waals surface area contributed by atoms with E-state index < -0.39 is 41.1 Å². The number of carbonyl (C=O) groups excluding carboxylic acids is 2. The van der Waals surface area contributed by atoms with Crippen LogP contribution in [0.15, 0.2) is 18.2 Å². The van der Waals surface area contributed by atoms with Gasteiger partial charge in [0.25, 0.3) is 0 Å². The van der Waals surface area contributed by atoms with Crippen LogP contribution < -0.4 is 4.90 Å². The Morgan fingerprint density at radius 2 is 2.04 bits per heavy atom. The van der Waals surface area contributed by atoms with Crippen LogP contribution in [0.4, 0.5) is 23.2 Å². The molecule has 1 aromatic rings. The van der Waals surface area contributed by atoms with Gasteiger partial charge >= 0.3 is 12.1 Å². The van der Waals surface area contributed by atoms with Crippen LogP contribution in [0, 0.1) is 17.7 Å². The maximum Gasteiger partial charge on any atom is 0.394 e. The second-order valence-electron chi connectivity index (χ2n) is 5.62. The summed E-state index contributed by atoms with van der Waals surface area (Å²) in [7, 11) is 1.20. The van der Waals surface area contributed by atoms with Gasteiger partial charge in [0.1, 0.15) is 11.2 Å². The van der Waals surface area contributed by atoms with E-state index in [0.29, 0.717) is 0 Å². The third-order valence-electron chi connectivity index (χ3n) is 4.52. The number of rotatable bonds is 2. The normalized spacial score (nSPS) is 29.0. The number of anilines is 1. The largest absolute Gasteiger partial charge is 0.466 e. The molecule has 1 fully saturated rings. The zero-order valence-corrected chi connectivity index (χ0v) is 12.3.